The van der Waals surface area contributed by atoms with E-state index in [1.165, 1.54) is 0 Å². The van der Waals surface area contributed by atoms with E-state index in [1.54, 1.807) is 18.2 Å². The van der Waals surface area contributed by atoms with Crippen LogP contribution in [-0.2, 0) is 0 Å². The molecule has 21 heavy (non-hydrogen) atoms. The van der Waals surface area contributed by atoms with Gasteiger partial charge in [-0.05, 0) is 41.1 Å². The van der Waals surface area contributed by atoms with E-state index in [4.69, 9.17) is 11.6 Å². The highest BCUT2D eigenvalue weighted by molar-refractivity contribution is 9.11. The van der Waals surface area contributed by atoms with Crippen LogP contribution in [0.1, 0.15) is 15.9 Å². The van der Waals surface area contributed by atoms with E-state index in [9.17, 15) is 4.79 Å². The highest BCUT2D eigenvalue weighted by Crippen LogP contribution is 2.29. The van der Waals surface area contributed by atoms with Crippen molar-refractivity contribution in [1.82, 2.24) is 0 Å². The molecule has 0 bridgehead atoms. The summed E-state index contributed by atoms with van der Waals surface area (Å²) in [6.07, 6.45) is 0. The van der Waals surface area contributed by atoms with Crippen LogP contribution in [0, 0.1) is 0 Å². The molecule has 3 aromatic carbocycles. The van der Waals surface area contributed by atoms with Gasteiger partial charge in [-0.2, -0.15) is 0 Å². The number of benzene rings is 3. The fraction of sp³-hybridized carbons (Fsp3) is 0. The van der Waals surface area contributed by atoms with Gasteiger partial charge in [-0.25, -0.2) is 0 Å². The molecule has 0 spiro atoms. The smallest absolute Gasteiger partial charge is 0.193 e. The molecule has 3 rings (SSSR count). The van der Waals surface area contributed by atoms with E-state index in [0.717, 1.165) is 19.7 Å². The molecule has 1 nitrogen and oxygen atoms in total. The minimum absolute atomic E-state index is 0.0399. The molecule has 0 aliphatic carbocycles. The van der Waals surface area contributed by atoms with Crippen molar-refractivity contribution in [2.24, 2.45) is 0 Å². The van der Waals surface area contributed by atoms with Crippen molar-refractivity contribution >= 4 is 60.0 Å². The van der Waals surface area contributed by atoms with Gasteiger partial charge >= 0.3 is 0 Å². The fourth-order valence-electron chi connectivity index (χ4n) is 2.30. The normalized spacial score (nSPS) is 10.8. The van der Waals surface area contributed by atoms with E-state index in [-0.39, 0.29) is 5.78 Å². The Kier molecular flexibility index (Phi) is 4.16. The molecule has 0 aliphatic rings. The van der Waals surface area contributed by atoms with E-state index in [1.807, 2.05) is 36.4 Å². The van der Waals surface area contributed by atoms with Gasteiger partial charge in [-0.3, -0.25) is 4.79 Å². The molecule has 0 aromatic heterocycles. The van der Waals surface area contributed by atoms with E-state index in [0.29, 0.717) is 16.1 Å². The number of hydrogen-bond acceptors (Lipinski definition) is 1. The Morgan fingerprint density at radius 2 is 1.62 bits per heavy atom. The van der Waals surface area contributed by atoms with Crippen molar-refractivity contribution in [3.63, 3.8) is 0 Å². The lowest BCUT2D eigenvalue weighted by Gasteiger charge is -2.08. The van der Waals surface area contributed by atoms with Gasteiger partial charge in [0.15, 0.2) is 5.78 Å². The van der Waals surface area contributed by atoms with Gasteiger partial charge in [0.25, 0.3) is 0 Å². The second-order valence-corrected chi connectivity index (χ2v) is 6.83. The molecule has 104 valence electrons. The summed E-state index contributed by atoms with van der Waals surface area (Å²) in [6, 6.07) is 16.8. The lowest BCUT2D eigenvalue weighted by Crippen LogP contribution is -2.02. The first-order valence-electron chi connectivity index (χ1n) is 6.24. The molecule has 0 fully saturated rings. The van der Waals surface area contributed by atoms with Gasteiger partial charge in [0.05, 0.1) is 0 Å². The maximum absolute atomic E-state index is 12.8. The molecule has 3 aromatic rings. The Labute approximate surface area is 144 Å². The number of carbonyl (C=O) groups is 1. The predicted molar refractivity (Wildman–Crippen MR) is 94.2 cm³/mol. The lowest BCUT2D eigenvalue weighted by molar-refractivity contribution is 0.104. The number of fused-ring (bicyclic) bond motifs is 1. The van der Waals surface area contributed by atoms with E-state index in [2.05, 4.69) is 31.9 Å². The first-order chi connectivity index (χ1) is 10.1. The van der Waals surface area contributed by atoms with Crippen molar-refractivity contribution in [2.75, 3.05) is 0 Å². The van der Waals surface area contributed by atoms with Crippen LogP contribution in [0.3, 0.4) is 0 Å². The summed E-state index contributed by atoms with van der Waals surface area (Å²) in [5.74, 6) is -0.0399. The van der Waals surface area contributed by atoms with Crippen molar-refractivity contribution in [2.45, 2.75) is 0 Å². The number of rotatable bonds is 2. The largest absolute Gasteiger partial charge is 0.289 e. The number of carbonyl (C=O) groups excluding carboxylic acids is 1. The van der Waals surface area contributed by atoms with Crippen molar-refractivity contribution in [1.29, 1.82) is 0 Å². The third-order valence-corrected chi connectivity index (χ3v) is 4.61. The highest BCUT2D eigenvalue weighted by Gasteiger charge is 2.14. The van der Waals surface area contributed by atoms with Crippen LogP contribution in [-0.4, -0.2) is 5.78 Å². The molecule has 4 heteroatoms. The second-order valence-electron chi connectivity index (χ2n) is 4.63. The zero-order valence-electron chi connectivity index (χ0n) is 10.7. The minimum Gasteiger partial charge on any atom is -0.289 e. The van der Waals surface area contributed by atoms with Crippen molar-refractivity contribution in [3.8, 4) is 0 Å². The first-order valence-corrected chi connectivity index (χ1v) is 8.21. The Bertz CT molecular complexity index is 838. The third-order valence-electron chi connectivity index (χ3n) is 3.24. The van der Waals surface area contributed by atoms with Gasteiger partial charge in [0, 0.05) is 25.1 Å². The van der Waals surface area contributed by atoms with Crippen molar-refractivity contribution in [3.05, 3.63) is 79.7 Å². The van der Waals surface area contributed by atoms with E-state index < -0.39 is 0 Å². The Morgan fingerprint density at radius 1 is 0.905 bits per heavy atom. The van der Waals surface area contributed by atoms with Gasteiger partial charge < -0.3 is 0 Å². The molecule has 0 N–H and O–H groups in total. The summed E-state index contributed by atoms with van der Waals surface area (Å²) in [6.45, 7) is 0. The zero-order chi connectivity index (χ0) is 15.0. The summed E-state index contributed by atoms with van der Waals surface area (Å²) in [7, 11) is 0. The minimum atomic E-state index is -0.0399. The van der Waals surface area contributed by atoms with Gasteiger partial charge in [-0.1, -0.05) is 67.7 Å². The molecule has 0 aliphatic heterocycles. The summed E-state index contributed by atoms with van der Waals surface area (Å²) in [5, 5.41) is 2.48. The quantitative estimate of drug-likeness (QED) is 0.445. The predicted octanol–water partition coefficient (Wildman–Crippen LogP) is 6.25. The van der Waals surface area contributed by atoms with Gasteiger partial charge in [0.1, 0.15) is 0 Å². The SMILES string of the molecule is O=C(c1cc(Cl)cc(Br)c1)c1ccc(Br)c2ccccc12. The molecular formula is C17H9Br2ClO. The maximum atomic E-state index is 12.8. The molecule has 0 saturated heterocycles. The summed E-state index contributed by atoms with van der Waals surface area (Å²) in [4.78, 5) is 12.8. The highest BCUT2D eigenvalue weighted by atomic mass is 79.9. The molecule has 0 saturated carbocycles. The van der Waals surface area contributed by atoms with E-state index >= 15 is 0 Å². The number of halogens is 3. The summed E-state index contributed by atoms with van der Waals surface area (Å²) in [5.41, 5.74) is 1.24. The average Bonchev–Trinajstić information content (AvgIpc) is 2.46. The first kappa shape index (κ1) is 14.8. The van der Waals surface area contributed by atoms with Crippen molar-refractivity contribution < 1.29 is 4.79 Å². The Morgan fingerprint density at radius 3 is 2.33 bits per heavy atom. The van der Waals surface area contributed by atoms with Crippen LogP contribution >= 0.6 is 43.5 Å². The molecule has 0 unspecified atom stereocenters. The third kappa shape index (κ3) is 2.91. The standard InChI is InChI=1S/C17H9Br2ClO/c18-11-7-10(8-12(20)9-11)17(21)15-5-6-16(19)14-4-2-1-3-13(14)15/h1-9H. The summed E-state index contributed by atoms with van der Waals surface area (Å²) < 4.78 is 1.77. The van der Waals surface area contributed by atoms with Crippen LogP contribution in [0.4, 0.5) is 0 Å². The topological polar surface area (TPSA) is 17.1 Å². The van der Waals surface area contributed by atoms with Gasteiger partial charge in [0.2, 0.25) is 0 Å². The summed E-state index contributed by atoms with van der Waals surface area (Å²) >= 11 is 12.9. The molecule has 0 atom stereocenters. The lowest BCUT2D eigenvalue weighted by atomic mass is 9.97. The molecule has 0 amide bonds. The van der Waals surface area contributed by atoms with Crippen LogP contribution in [0.25, 0.3) is 10.8 Å². The maximum Gasteiger partial charge on any atom is 0.193 e. The Hall–Kier alpha value is -1.16. The Balaban J connectivity index is 2.20. The van der Waals surface area contributed by atoms with Gasteiger partial charge in [-0.15, -0.1) is 0 Å². The molecule has 0 heterocycles. The van der Waals surface area contributed by atoms with Crippen LogP contribution in [0.2, 0.25) is 5.02 Å². The fourth-order valence-corrected chi connectivity index (χ4v) is 3.64. The second kappa shape index (κ2) is 5.91. The number of ketones is 1. The monoisotopic (exact) mass is 422 g/mol. The van der Waals surface area contributed by atoms with Crippen LogP contribution in [0.15, 0.2) is 63.5 Å². The van der Waals surface area contributed by atoms with Crippen LogP contribution in [0.5, 0.6) is 0 Å². The van der Waals surface area contributed by atoms with Crippen LogP contribution < -0.4 is 0 Å². The average molecular weight is 425 g/mol. The molecule has 0 radical (unpaired) electrons. The number of hydrogen-bond donors (Lipinski definition) is 0. The zero-order valence-corrected chi connectivity index (χ0v) is 14.7. The molecular weight excluding hydrogens is 415 g/mol.